The van der Waals surface area contributed by atoms with Gasteiger partial charge in [-0.25, -0.2) is 21.6 Å². The van der Waals surface area contributed by atoms with E-state index in [1.165, 1.54) is 17.9 Å². The molecule has 6 nitrogen and oxygen atoms in total. The average molecular weight is 495 g/mol. The summed E-state index contributed by atoms with van der Waals surface area (Å²) in [4.78, 5) is 13.1. The highest BCUT2D eigenvalue weighted by molar-refractivity contribution is 7.89. The fraction of sp³-hybridized carbons (Fsp3) is 0.350. The number of hydrogen-bond donors (Lipinski definition) is 1. The second kappa shape index (κ2) is 9.31. The van der Waals surface area contributed by atoms with Gasteiger partial charge < -0.3 is 5.32 Å². The summed E-state index contributed by atoms with van der Waals surface area (Å²) in [5.41, 5.74) is -1.83. The highest BCUT2D eigenvalue weighted by Crippen LogP contribution is 2.35. The van der Waals surface area contributed by atoms with Crippen LogP contribution in [0.5, 0.6) is 0 Å². The predicted molar refractivity (Wildman–Crippen MR) is 106 cm³/mol. The van der Waals surface area contributed by atoms with E-state index in [0.29, 0.717) is 12.1 Å². The summed E-state index contributed by atoms with van der Waals surface area (Å²) in [6.07, 6.45) is -4.85. The maximum absolute atomic E-state index is 13.8. The van der Waals surface area contributed by atoms with E-state index in [4.69, 9.17) is 0 Å². The van der Waals surface area contributed by atoms with E-state index in [9.17, 15) is 39.6 Å². The number of rotatable bonds is 5. The molecule has 1 heterocycles. The van der Waals surface area contributed by atoms with E-state index < -0.39 is 61.7 Å². The quantitative estimate of drug-likeness (QED) is 0.510. The van der Waals surface area contributed by atoms with Gasteiger partial charge >= 0.3 is 6.18 Å². The minimum atomic E-state index is -4.85. The van der Waals surface area contributed by atoms with Crippen LogP contribution >= 0.6 is 0 Å². The zero-order chi connectivity index (χ0) is 24.6. The van der Waals surface area contributed by atoms with Crippen molar-refractivity contribution in [3.63, 3.8) is 0 Å². The molecule has 1 aliphatic heterocycles. The summed E-state index contributed by atoms with van der Waals surface area (Å²) in [5, 5.41) is 2.15. The maximum Gasteiger partial charge on any atom is 0.417 e. The largest absolute Gasteiger partial charge is 0.417 e. The predicted octanol–water partition coefficient (Wildman–Crippen LogP) is 3.46. The maximum atomic E-state index is 13.8. The Morgan fingerprint density at radius 2 is 1.58 bits per heavy atom. The lowest BCUT2D eigenvalue weighted by Crippen LogP contribution is -2.54. The molecule has 2 aromatic carbocycles. The Morgan fingerprint density at radius 3 is 2.18 bits per heavy atom. The van der Waals surface area contributed by atoms with Crippen molar-refractivity contribution in [1.29, 1.82) is 0 Å². The molecule has 0 bridgehead atoms. The lowest BCUT2D eigenvalue weighted by molar-refractivity contribution is -0.140. The molecule has 180 valence electrons. The van der Waals surface area contributed by atoms with E-state index in [1.807, 2.05) is 0 Å². The fourth-order valence-electron chi connectivity index (χ4n) is 3.42. The van der Waals surface area contributed by atoms with Crippen LogP contribution in [-0.4, -0.2) is 55.8 Å². The van der Waals surface area contributed by atoms with Crippen molar-refractivity contribution in [2.24, 2.45) is 0 Å². The lowest BCUT2D eigenvalue weighted by atomic mass is 10.2. The van der Waals surface area contributed by atoms with Gasteiger partial charge in [0, 0.05) is 26.2 Å². The van der Waals surface area contributed by atoms with Crippen LogP contribution < -0.4 is 5.32 Å². The first-order valence-electron chi connectivity index (χ1n) is 9.69. The number of halogens is 6. The van der Waals surface area contributed by atoms with Gasteiger partial charge in [0.15, 0.2) is 17.5 Å². The molecule has 1 saturated heterocycles. The summed E-state index contributed by atoms with van der Waals surface area (Å²) in [6, 6.07) is 4.47. The number of carbonyl (C=O) groups is 1. The van der Waals surface area contributed by atoms with Crippen LogP contribution in [0.3, 0.4) is 0 Å². The third kappa shape index (κ3) is 5.14. The number of anilines is 1. The molecule has 13 heteroatoms. The summed E-state index contributed by atoms with van der Waals surface area (Å²) in [5.74, 6) is -5.46. The molecule has 1 atom stereocenters. The van der Waals surface area contributed by atoms with Crippen LogP contribution in [0.25, 0.3) is 0 Å². The molecule has 0 aromatic heterocycles. The smallest absolute Gasteiger partial charge is 0.322 e. The molecule has 0 unspecified atom stereocenters. The molecule has 1 N–H and O–H groups in total. The topological polar surface area (TPSA) is 69.7 Å². The molecular weight excluding hydrogens is 476 g/mol. The van der Waals surface area contributed by atoms with Gasteiger partial charge in [-0.2, -0.15) is 17.5 Å². The number of alkyl halides is 3. The zero-order valence-electron chi connectivity index (χ0n) is 17.2. The van der Waals surface area contributed by atoms with Crippen LogP contribution in [0.15, 0.2) is 41.3 Å². The van der Waals surface area contributed by atoms with Crippen molar-refractivity contribution in [3.8, 4) is 0 Å². The van der Waals surface area contributed by atoms with Crippen molar-refractivity contribution in [1.82, 2.24) is 9.21 Å². The lowest BCUT2D eigenvalue weighted by Gasteiger charge is -2.37. The summed E-state index contributed by atoms with van der Waals surface area (Å²) in [6.45, 7) is 1.07. The molecule has 0 spiro atoms. The van der Waals surface area contributed by atoms with Crippen molar-refractivity contribution in [2.75, 3.05) is 31.5 Å². The van der Waals surface area contributed by atoms with Crippen LogP contribution in [0.1, 0.15) is 12.5 Å². The molecule has 1 aliphatic rings. The first-order valence-corrected chi connectivity index (χ1v) is 11.1. The SMILES string of the molecule is C[C@H](C(=O)Nc1ccc(F)c(F)c1F)N1CCN(S(=O)(=O)c2ccccc2C(F)(F)F)CC1. The fourth-order valence-corrected chi connectivity index (χ4v) is 5.06. The van der Waals surface area contributed by atoms with Crippen LogP contribution in [-0.2, 0) is 21.0 Å². The second-order valence-electron chi connectivity index (χ2n) is 7.32. The number of nitrogens with zero attached hydrogens (tertiary/aromatic N) is 2. The van der Waals surface area contributed by atoms with E-state index >= 15 is 0 Å². The Kier molecular flexibility index (Phi) is 7.05. The van der Waals surface area contributed by atoms with Crippen LogP contribution in [0.4, 0.5) is 32.0 Å². The average Bonchev–Trinajstić information content (AvgIpc) is 2.78. The van der Waals surface area contributed by atoms with Gasteiger partial charge in [-0.3, -0.25) is 9.69 Å². The van der Waals surface area contributed by atoms with Gasteiger partial charge in [-0.15, -0.1) is 0 Å². The molecule has 1 amide bonds. The number of hydrogen-bond acceptors (Lipinski definition) is 4. The third-order valence-corrected chi connectivity index (χ3v) is 7.26. The summed E-state index contributed by atoms with van der Waals surface area (Å²) >= 11 is 0. The summed E-state index contributed by atoms with van der Waals surface area (Å²) < 4.78 is 106. The molecule has 2 aromatic rings. The molecule has 0 radical (unpaired) electrons. The van der Waals surface area contributed by atoms with Gasteiger partial charge in [0.05, 0.1) is 22.2 Å². The van der Waals surface area contributed by atoms with Crippen molar-refractivity contribution < 1.29 is 39.6 Å². The molecule has 0 saturated carbocycles. The first-order chi connectivity index (χ1) is 15.3. The normalized spacial score (nSPS) is 17.1. The standard InChI is InChI=1S/C20H19F6N3O3S/c1-12(19(30)27-15-7-6-14(21)17(22)18(15)23)28-8-10-29(11-9-28)33(31,32)16-5-3-2-4-13(16)20(24,25)26/h2-7,12H,8-11H2,1H3,(H,27,30)/t12-/m1/s1. The highest BCUT2D eigenvalue weighted by atomic mass is 32.2. The Bertz CT molecular complexity index is 1150. The van der Waals surface area contributed by atoms with Crippen molar-refractivity contribution in [3.05, 3.63) is 59.4 Å². The molecule has 33 heavy (non-hydrogen) atoms. The van der Waals surface area contributed by atoms with Gasteiger partial charge in [0.1, 0.15) is 0 Å². The van der Waals surface area contributed by atoms with Crippen LogP contribution in [0.2, 0.25) is 0 Å². The minimum Gasteiger partial charge on any atom is -0.322 e. The van der Waals surface area contributed by atoms with Crippen molar-refractivity contribution >= 4 is 21.6 Å². The Morgan fingerprint density at radius 1 is 0.970 bits per heavy atom. The van der Waals surface area contributed by atoms with Gasteiger partial charge in [0.25, 0.3) is 0 Å². The minimum absolute atomic E-state index is 0.00224. The summed E-state index contributed by atoms with van der Waals surface area (Å²) in [7, 11) is -4.45. The number of nitrogens with one attached hydrogen (secondary N) is 1. The van der Waals surface area contributed by atoms with E-state index in [2.05, 4.69) is 5.32 Å². The van der Waals surface area contributed by atoms with E-state index in [0.717, 1.165) is 22.5 Å². The van der Waals surface area contributed by atoms with Crippen molar-refractivity contribution in [2.45, 2.75) is 24.0 Å². The Hall–Kier alpha value is -2.64. The molecule has 3 rings (SSSR count). The number of sulfonamides is 1. The number of benzene rings is 2. The Labute approximate surface area is 185 Å². The third-order valence-electron chi connectivity index (χ3n) is 5.30. The first kappa shape index (κ1) is 25.0. The molecule has 1 fully saturated rings. The second-order valence-corrected chi connectivity index (χ2v) is 9.23. The molecular formula is C20H19F6N3O3S. The van der Waals surface area contributed by atoms with E-state index in [-0.39, 0.29) is 26.2 Å². The number of amides is 1. The Balaban J connectivity index is 1.68. The monoisotopic (exact) mass is 495 g/mol. The number of carbonyl (C=O) groups excluding carboxylic acids is 1. The van der Waals surface area contributed by atoms with Crippen LogP contribution in [0, 0.1) is 17.5 Å². The van der Waals surface area contributed by atoms with E-state index in [1.54, 1.807) is 0 Å². The van der Waals surface area contributed by atoms with Gasteiger partial charge in [0.2, 0.25) is 15.9 Å². The highest BCUT2D eigenvalue weighted by Gasteiger charge is 2.40. The van der Waals surface area contributed by atoms with Gasteiger partial charge in [-0.1, -0.05) is 12.1 Å². The van der Waals surface area contributed by atoms with Gasteiger partial charge in [-0.05, 0) is 31.2 Å². The zero-order valence-corrected chi connectivity index (χ0v) is 18.0. The number of piperazine rings is 1. The molecule has 0 aliphatic carbocycles.